The monoisotopic (exact) mass is 588 g/mol. The van der Waals surface area contributed by atoms with Gasteiger partial charge in [0.1, 0.15) is 0 Å². The summed E-state index contributed by atoms with van der Waals surface area (Å²) in [5.74, 6) is 0. The van der Waals surface area contributed by atoms with E-state index in [1.54, 1.807) is 0 Å². The minimum atomic E-state index is -1.49. The van der Waals surface area contributed by atoms with Crippen LogP contribution in [0.3, 0.4) is 0 Å². The second-order valence-electron chi connectivity index (χ2n) is 9.86. The summed E-state index contributed by atoms with van der Waals surface area (Å²) in [5, 5.41) is 0. The molecule has 3 nitrogen and oxygen atoms in total. The quantitative estimate of drug-likeness (QED) is 0.158. The van der Waals surface area contributed by atoms with Crippen LogP contribution in [-0.2, 0) is 4.12 Å². The number of quaternary nitrogens is 2. The summed E-state index contributed by atoms with van der Waals surface area (Å²) >= 11 is 0. The molecule has 0 fully saturated rings. The van der Waals surface area contributed by atoms with Crippen molar-refractivity contribution in [3.63, 3.8) is 0 Å². The van der Waals surface area contributed by atoms with E-state index in [9.17, 15) is 0 Å². The fourth-order valence-electron chi connectivity index (χ4n) is 2.81. The summed E-state index contributed by atoms with van der Waals surface area (Å²) in [6, 6.07) is 2.60. The molecular weight excluding hydrogens is 546 g/mol. The lowest BCUT2D eigenvalue weighted by Crippen LogP contribution is -3.00. The van der Waals surface area contributed by atoms with Crippen LogP contribution in [0.15, 0.2) is 0 Å². The van der Waals surface area contributed by atoms with Crippen molar-refractivity contribution in [3.8, 4) is 0 Å². The summed E-state index contributed by atoms with van der Waals surface area (Å²) in [7, 11) is 10.7. The van der Waals surface area contributed by atoms with Crippen LogP contribution >= 0.6 is 0 Å². The Morgan fingerprint density at radius 3 is 1.09 bits per heavy atom. The van der Waals surface area contributed by atoms with Crippen molar-refractivity contribution in [2.45, 2.75) is 51.1 Å². The molecular formula is C16H42I2N2OSi2. The van der Waals surface area contributed by atoms with Gasteiger partial charge in [-0.3, -0.25) is 0 Å². The lowest BCUT2D eigenvalue weighted by Gasteiger charge is -2.35. The van der Waals surface area contributed by atoms with Crippen LogP contribution in [0, 0.1) is 0 Å². The fourth-order valence-corrected chi connectivity index (χ4v) is 11.6. The average molecular weight is 589 g/mol. The highest BCUT2D eigenvalue weighted by Gasteiger charge is 2.33. The molecule has 7 heteroatoms. The van der Waals surface area contributed by atoms with Crippen LogP contribution < -0.4 is 48.0 Å². The number of nitrogens with zero attached hydrogens (tertiary/aromatic N) is 2. The van der Waals surface area contributed by atoms with Crippen molar-refractivity contribution in [2.75, 3.05) is 55.4 Å². The molecule has 0 atom stereocenters. The van der Waals surface area contributed by atoms with Gasteiger partial charge in [0.05, 0.1) is 55.4 Å². The third kappa shape index (κ3) is 19.9. The van der Waals surface area contributed by atoms with Crippen molar-refractivity contribution in [2.24, 2.45) is 0 Å². The molecule has 0 heterocycles. The van der Waals surface area contributed by atoms with E-state index in [-0.39, 0.29) is 48.0 Å². The molecule has 0 unspecified atom stereocenters. The van der Waals surface area contributed by atoms with Crippen LogP contribution in [0.5, 0.6) is 0 Å². The van der Waals surface area contributed by atoms with Gasteiger partial charge in [0, 0.05) is 0 Å². The Morgan fingerprint density at radius 2 is 0.870 bits per heavy atom. The molecule has 0 aliphatic carbocycles. The number of hydrogen-bond acceptors (Lipinski definition) is 1. The summed E-state index contributed by atoms with van der Waals surface area (Å²) in [5.41, 5.74) is 0. The van der Waals surface area contributed by atoms with Crippen molar-refractivity contribution >= 4 is 16.6 Å². The molecule has 0 saturated carbocycles. The summed E-state index contributed by atoms with van der Waals surface area (Å²) in [6.07, 6.45) is 2.60. The van der Waals surface area contributed by atoms with Gasteiger partial charge in [0.15, 0.2) is 16.6 Å². The van der Waals surface area contributed by atoms with Crippen LogP contribution in [-0.4, -0.2) is 81.0 Å². The minimum Gasteiger partial charge on any atom is -1.00 e. The van der Waals surface area contributed by atoms with Crippen LogP contribution in [0.4, 0.5) is 0 Å². The Bertz CT molecular complexity index is 284. The highest BCUT2D eigenvalue weighted by Crippen LogP contribution is 2.24. The molecule has 0 aliphatic heterocycles. The zero-order valence-corrected chi connectivity index (χ0v) is 23.6. The molecule has 0 bridgehead atoms. The molecule has 0 amide bonds. The van der Waals surface area contributed by atoms with Gasteiger partial charge in [-0.1, -0.05) is 0 Å². The van der Waals surface area contributed by atoms with Gasteiger partial charge in [-0.15, -0.1) is 0 Å². The Labute approximate surface area is 183 Å². The van der Waals surface area contributed by atoms with E-state index in [2.05, 4.69) is 68.5 Å². The van der Waals surface area contributed by atoms with Crippen molar-refractivity contribution < 1.29 is 61.0 Å². The highest BCUT2D eigenvalue weighted by atomic mass is 127. The van der Waals surface area contributed by atoms with Gasteiger partial charge in [0.2, 0.25) is 0 Å². The van der Waals surface area contributed by atoms with Crippen molar-refractivity contribution in [1.29, 1.82) is 0 Å². The van der Waals surface area contributed by atoms with Crippen molar-refractivity contribution in [1.82, 2.24) is 0 Å². The standard InChI is InChI=1S/C16H42N2OSi2.2HI/c1-17(2,3)13-11-15-20(7,8)19-21(9,10)16-12-14-18(4,5)6;;/h11-16H2,1-10H3;2*1H/q+2;;/p-2. The Balaban J connectivity index is -0.00000200. The first-order valence-electron chi connectivity index (χ1n) is 8.43. The first-order valence-corrected chi connectivity index (χ1v) is 14.7. The molecule has 0 aromatic rings. The number of halogens is 2. The summed E-state index contributed by atoms with van der Waals surface area (Å²) in [4.78, 5) is 0. The van der Waals surface area contributed by atoms with Crippen LogP contribution in [0.1, 0.15) is 12.8 Å². The van der Waals surface area contributed by atoms with Gasteiger partial charge in [-0.2, -0.15) is 0 Å². The van der Waals surface area contributed by atoms with Gasteiger partial charge in [-0.05, 0) is 51.1 Å². The molecule has 0 rings (SSSR count). The average Bonchev–Trinajstić information content (AvgIpc) is 2.09. The van der Waals surface area contributed by atoms with E-state index < -0.39 is 16.6 Å². The Hall–Kier alpha value is 1.77. The molecule has 0 saturated heterocycles. The van der Waals surface area contributed by atoms with E-state index >= 15 is 0 Å². The molecule has 0 N–H and O–H groups in total. The van der Waals surface area contributed by atoms with E-state index in [1.807, 2.05) is 0 Å². The van der Waals surface area contributed by atoms with Crippen LogP contribution in [0.25, 0.3) is 0 Å². The first-order chi connectivity index (χ1) is 9.12. The molecule has 144 valence electrons. The third-order valence-electron chi connectivity index (χ3n) is 3.77. The van der Waals surface area contributed by atoms with E-state index in [4.69, 9.17) is 4.12 Å². The van der Waals surface area contributed by atoms with Gasteiger partial charge >= 0.3 is 0 Å². The number of hydrogen-bond donors (Lipinski definition) is 0. The second kappa shape index (κ2) is 11.5. The SMILES string of the molecule is C[N+](C)(C)CCC[Si](C)(C)O[Si](C)(C)CCC[N+](C)(C)C.[I-].[I-]. The number of rotatable bonds is 10. The van der Waals surface area contributed by atoms with Gasteiger partial charge in [-0.25, -0.2) is 0 Å². The summed E-state index contributed by atoms with van der Waals surface area (Å²) < 4.78 is 8.85. The molecule has 0 aromatic carbocycles. The Kier molecular flexibility index (Phi) is 14.7. The molecule has 0 spiro atoms. The molecule has 0 aliphatic rings. The predicted octanol–water partition coefficient (Wildman–Crippen LogP) is -2.39. The zero-order chi connectivity index (χ0) is 16.9. The highest BCUT2D eigenvalue weighted by molar-refractivity contribution is 6.84. The Morgan fingerprint density at radius 1 is 0.609 bits per heavy atom. The third-order valence-corrected chi connectivity index (χ3v) is 11.3. The topological polar surface area (TPSA) is 9.23 Å². The second-order valence-corrected chi connectivity index (χ2v) is 18.7. The van der Waals surface area contributed by atoms with E-state index in [0.717, 1.165) is 8.97 Å². The predicted molar refractivity (Wildman–Crippen MR) is 101 cm³/mol. The van der Waals surface area contributed by atoms with E-state index in [0.29, 0.717) is 0 Å². The van der Waals surface area contributed by atoms with Gasteiger partial charge in [0.25, 0.3) is 0 Å². The maximum absolute atomic E-state index is 6.72. The first kappa shape index (κ1) is 29.5. The van der Waals surface area contributed by atoms with Crippen molar-refractivity contribution in [3.05, 3.63) is 0 Å². The summed E-state index contributed by atoms with van der Waals surface area (Å²) in [6.45, 7) is 12.2. The van der Waals surface area contributed by atoms with Gasteiger partial charge < -0.3 is 61.0 Å². The largest absolute Gasteiger partial charge is 1.00 e. The molecule has 0 radical (unpaired) electrons. The smallest absolute Gasteiger partial charge is 0.173 e. The lowest BCUT2D eigenvalue weighted by atomic mass is 10.4. The molecule has 0 aromatic heterocycles. The maximum atomic E-state index is 6.72. The van der Waals surface area contributed by atoms with Crippen LogP contribution in [0.2, 0.25) is 38.3 Å². The normalized spacial score (nSPS) is 13.3. The minimum absolute atomic E-state index is 0. The fraction of sp³-hybridized carbons (Fsp3) is 1.00. The maximum Gasteiger partial charge on any atom is 0.173 e. The zero-order valence-electron chi connectivity index (χ0n) is 17.3. The van der Waals surface area contributed by atoms with E-state index in [1.165, 1.54) is 38.0 Å². The molecule has 23 heavy (non-hydrogen) atoms. The lowest BCUT2D eigenvalue weighted by molar-refractivity contribution is -0.870.